The molecule has 2 heterocycles. The Kier molecular flexibility index (Phi) is 5.12. The normalized spacial score (nSPS) is 23.5. The van der Waals surface area contributed by atoms with Crippen LogP contribution in [0.2, 0.25) is 0 Å². The minimum Gasteiger partial charge on any atom is -0.323 e. The highest BCUT2D eigenvalue weighted by Gasteiger charge is 2.59. The first-order valence-electron chi connectivity index (χ1n) is 8.80. The smallest absolute Gasteiger partial charge is 0.255 e. The number of hydrogen-bond donors (Lipinski definition) is 0. The third kappa shape index (κ3) is 3.03. The Hall–Kier alpha value is -1.86. The number of nitrogens with zero attached hydrogens (tertiary/aromatic N) is 2. The quantitative estimate of drug-likeness (QED) is 0.768. The molecule has 2 aliphatic rings. The first-order chi connectivity index (χ1) is 12.3. The van der Waals surface area contributed by atoms with Crippen LogP contribution in [0.25, 0.3) is 0 Å². The maximum atomic E-state index is 13.4. The molecule has 3 rings (SSSR count). The summed E-state index contributed by atoms with van der Waals surface area (Å²) in [5.41, 5.74) is 1.22. The molecule has 0 N–H and O–H groups in total. The van der Waals surface area contributed by atoms with Gasteiger partial charge in [0.2, 0.25) is 5.91 Å². The van der Waals surface area contributed by atoms with Crippen LogP contribution in [-0.2, 0) is 14.4 Å². The molecule has 0 bridgehead atoms. The standard InChI is InChI=1S/C19H24F2N2O3/c1-12-4-5-13(2)14(10-12)16-17(24)19(6-8-22(26-3)9-7-19)23(18(16)25)11-15(20)21/h4-5,10,15-16H,6-9,11H2,1-3H3. The van der Waals surface area contributed by atoms with E-state index in [2.05, 4.69) is 0 Å². The minimum atomic E-state index is -2.68. The highest BCUT2D eigenvalue weighted by Crippen LogP contribution is 2.44. The van der Waals surface area contributed by atoms with Gasteiger partial charge in [-0.1, -0.05) is 23.8 Å². The molecule has 142 valence electrons. The molecule has 2 fully saturated rings. The Labute approximate surface area is 151 Å². The largest absolute Gasteiger partial charge is 0.323 e. The summed E-state index contributed by atoms with van der Waals surface area (Å²) in [5, 5.41) is 1.69. The van der Waals surface area contributed by atoms with E-state index < -0.39 is 30.3 Å². The lowest BCUT2D eigenvalue weighted by Crippen LogP contribution is -2.57. The molecule has 7 heteroatoms. The summed E-state index contributed by atoms with van der Waals surface area (Å²) in [6.45, 7) is 3.87. The number of hydrogen-bond acceptors (Lipinski definition) is 4. The van der Waals surface area contributed by atoms with Crippen LogP contribution in [0.5, 0.6) is 0 Å². The number of piperidine rings is 1. The van der Waals surface area contributed by atoms with Crippen LogP contribution < -0.4 is 0 Å². The Bertz CT molecular complexity index is 715. The van der Waals surface area contributed by atoms with Crippen LogP contribution >= 0.6 is 0 Å². The predicted octanol–water partition coefficient (Wildman–Crippen LogP) is 2.46. The van der Waals surface area contributed by atoms with Gasteiger partial charge in [-0.15, -0.1) is 0 Å². The topological polar surface area (TPSA) is 49.9 Å². The highest BCUT2D eigenvalue weighted by atomic mass is 19.3. The van der Waals surface area contributed by atoms with E-state index in [9.17, 15) is 18.4 Å². The number of halogens is 2. The third-order valence-corrected chi connectivity index (χ3v) is 5.62. The van der Waals surface area contributed by atoms with E-state index in [1.54, 1.807) is 5.06 Å². The van der Waals surface area contributed by atoms with Gasteiger partial charge in [0.25, 0.3) is 6.43 Å². The molecule has 1 spiro atoms. The average Bonchev–Trinajstić information content (AvgIpc) is 2.79. The summed E-state index contributed by atoms with van der Waals surface area (Å²) >= 11 is 0. The molecule has 5 nitrogen and oxygen atoms in total. The number of carbonyl (C=O) groups is 2. The maximum Gasteiger partial charge on any atom is 0.255 e. The SMILES string of the molecule is CON1CCC2(CC1)C(=O)C(c1cc(C)ccc1C)C(=O)N2CC(F)F. The number of Topliss-reactive ketones (excluding diaryl/α,β-unsaturated/α-hetero) is 1. The van der Waals surface area contributed by atoms with Crippen molar-refractivity contribution in [1.29, 1.82) is 0 Å². The van der Waals surface area contributed by atoms with Gasteiger partial charge in [0.05, 0.1) is 13.7 Å². The number of carbonyl (C=O) groups excluding carboxylic acids is 2. The lowest BCUT2D eigenvalue weighted by Gasteiger charge is -2.42. The van der Waals surface area contributed by atoms with Gasteiger partial charge < -0.3 is 9.74 Å². The molecule has 2 saturated heterocycles. The Morgan fingerprint density at radius 1 is 1.23 bits per heavy atom. The fraction of sp³-hybridized carbons (Fsp3) is 0.579. The number of alkyl halides is 2. The molecule has 1 aromatic rings. The minimum absolute atomic E-state index is 0.257. The molecule has 2 aliphatic heterocycles. The number of benzene rings is 1. The Morgan fingerprint density at radius 3 is 2.46 bits per heavy atom. The van der Waals surface area contributed by atoms with E-state index in [1.807, 2.05) is 32.0 Å². The molecule has 0 aliphatic carbocycles. The fourth-order valence-corrected chi connectivity index (χ4v) is 4.18. The Morgan fingerprint density at radius 2 is 1.88 bits per heavy atom. The zero-order valence-electron chi connectivity index (χ0n) is 15.3. The molecule has 1 unspecified atom stereocenters. The summed E-state index contributed by atoms with van der Waals surface area (Å²) in [6, 6.07) is 5.59. The number of likely N-dealkylation sites (tertiary alicyclic amines) is 1. The zero-order valence-corrected chi connectivity index (χ0v) is 15.3. The van der Waals surface area contributed by atoms with Gasteiger partial charge in [-0.3, -0.25) is 9.59 Å². The van der Waals surface area contributed by atoms with Crippen LogP contribution in [0, 0.1) is 13.8 Å². The molecule has 1 aromatic carbocycles. The van der Waals surface area contributed by atoms with E-state index in [1.165, 1.54) is 7.11 Å². The third-order valence-electron chi connectivity index (χ3n) is 5.62. The van der Waals surface area contributed by atoms with Gasteiger partial charge >= 0.3 is 0 Å². The monoisotopic (exact) mass is 366 g/mol. The molecular formula is C19H24F2N2O3. The molecular weight excluding hydrogens is 342 g/mol. The zero-order chi connectivity index (χ0) is 19.1. The van der Waals surface area contributed by atoms with Crippen molar-refractivity contribution >= 4 is 11.7 Å². The molecule has 1 amide bonds. The summed E-state index contributed by atoms with van der Waals surface area (Å²) in [6.07, 6.45) is -2.07. The highest BCUT2D eigenvalue weighted by molar-refractivity contribution is 6.17. The summed E-state index contributed by atoms with van der Waals surface area (Å²) < 4.78 is 26.4. The van der Waals surface area contributed by atoms with Crippen molar-refractivity contribution in [2.24, 2.45) is 0 Å². The molecule has 26 heavy (non-hydrogen) atoms. The van der Waals surface area contributed by atoms with Crippen LogP contribution in [0.15, 0.2) is 18.2 Å². The van der Waals surface area contributed by atoms with Gasteiger partial charge in [-0.05, 0) is 37.8 Å². The summed E-state index contributed by atoms with van der Waals surface area (Å²) in [4.78, 5) is 32.8. The van der Waals surface area contributed by atoms with Gasteiger partial charge in [-0.25, -0.2) is 8.78 Å². The second-order valence-corrected chi connectivity index (χ2v) is 7.14. The van der Waals surface area contributed by atoms with E-state index in [4.69, 9.17) is 4.84 Å². The summed E-state index contributed by atoms with van der Waals surface area (Å²) in [5.74, 6) is -1.76. The second kappa shape index (κ2) is 7.04. The first-order valence-corrected chi connectivity index (χ1v) is 8.80. The van der Waals surface area contributed by atoms with Crippen LogP contribution in [0.1, 0.15) is 35.4 Å². The molecule has 0 aromatic heterocycles. The van der Waals surface area contributed by atoms with E-state index in [0.29, 0.717) is 31.5 Å². The van der Waals surface area contributed by atoms with Crippen molar-refractivity contribution in [3.05, 3.63) is 34.9 Å². The lowest BCUT2D eigenvalue weighted by molar-refractivity contribution is -0.169. The van der Waals surface area contributed by atoms with E-state index in [0.717, 1.165) is 16.0 Å². The lowest BCUT2D eigenvalue weighted by atomic mass is 9.79. The van der Waals surface area contributed by atoms with Gasteiger partial charge in [0.15, 0.2) is 5.78 Å². The number of hydroxylamine groups is 2. The van der Waals surface area contributed by atoms with Crippen molar-refractivity contribution in [2.75, 3.05) is 26.7 Å². The van der Waals surface area contributed by atoms with Gasteiger partial charge in [0.1, 0.15) is 11.5 Å². The molecule has 1 atom stereocenters. The van der Waals surface area contributed by atoms with Crippen molar-refractivity contribution in [3.63, 3.8) is 0 Å². The predicted molar refractivity (Wildman–Crippen MR) is 91.9 cm³/mol. The fourth-order valence-electron chi connectivity index (χ4n) is 4.18. The van der Waals surface area contributed by atoms with Crippen molar-refractivity contribution in [1.82, 2.24) is 9.96 Å². The molecule has 0 radical (unpaired) electrons. The first kappa shape index (κ1) is 18.9. The number of aryl methyl sites for hydroxylation is 2. The van der Waals surface area contributed by atoms with E-state index in [-0.39, 0.29) is 5.78 Å². The van der Waals surface area contributed by atoms with E-state index >= 15 is 0 Å². The van der Waals surface area contributed by atoms with Crippen molar-refractivity contribution in [2.45, 2.75) is 44.6 Å². The number of amides is 1. The molecule has 0 saturated carbocycles. The second-order valence-electron chi connectivity index (χ2n) is 7.14. The number of rotatable bonds is 4. The van der Waals surface area contributed by atoms with Crippen LogP contribution in [0.3, 0.4) is 0 Å². The van der Waals surface area contributed by atoms with Gasteiger partial charge in [0, 0.05) is 13.1 Å². The number of ketones is 1. The average molecular weight is 366 g/mol. The van der Waals surface area contributed by atoms with Gasteiger partial charge in [-0.2, -0.15) is 5.06 Å². The van der Waals surface area contributed by atoms with Crippen molar-refractivity contribution < 1.29 is 23.2 Å². The summed E-state index contributed by atoms with van der Waals surface area (Å²) in [7, 11) is 1.54. The van der Waals surface area contributed by atoms with Crippen LogP contribution in [0.4, 0.5) is 8.78 Å². The van der Waals surface area contributed by atoms with Crippen molar-refractivity contribution in [3.8, 4) is 0 Å². The maximum absolute atomic E-state index is 13.4. The Balaban J connectivity index is 2.02. The van der Waals surface area contributed by atoms with Crippen LogP contribution in [-0.4, -0.2) is 60.4 Å².